The molecule has 1 atom stereocenters. The zero-order valence-electron chi connectivity index (χ0n) is 10.7. The Balaban J connectivity index is 3.10. The van der Waals surface area contributed by atoms with E-state index in [1.807, 2.05) is 0 Å². The van der Waals surface area contributed by atoms with Gasteiger partial charge in [-0.3, -0.25) is 5.32 Å². The topological polar surface area (TPSA) is 38.3 Å². The normalized spacial score (nSPS) is 13.7. The van der Waals surface area contributed by atoms with Crippen LogP contribution in [0.3, 0.4) is 0 Å². The Morgan fingerprint density at radius 1 is 1.61 bits per heavy atom. The van der Waals surface area contributed by atoms with Gasteiger partial charge >= 0.3 is 5.97 Å². The van der Waals surface area contributed by atoms with Crippen LogP contribution in [0.2, 0.25) is 0 Å². The monoisotopic (exact) mass is 251 g/mol. The molecule has 0 radical (unpaired) electrons. The lowest BCUT2D eigenvalue weighted by Gasteiger charge is -2.28. The highest BCUT2D eigenvalue weighted by molar-refractivity contribution is 5.82. The number of nitrogens with one attached hydrogen (secondary N) is 1. The second-order valence-electron chi connectivity index (χ2n) is 4.03. The van der Waals surface area contributed by atoms with Gasteiger partial charge in [-0.25, -0.2) is 9.18 Å². The van der Waals surface area contributed by atoms with Crippen LogP contribution in [0, 0.1) is 5.82 Å². The van der Waals surface area contributed by atoms with Gasteiger partial charge in [0.1, 0.15) is 11.4 Å². The molecular formula is C14H18FNO2. The van der Waals surface area contributed by atoms with E-state index in [1.54, 1.807) is 32.1 Å². The minimum atomic E-state index is -1.08. The molecule has 18 heavy (non-hydrogen) atoms. The third-order valence-corrected chi connectivity index (χ3v) is 2.69. The van der Waals surface area contributed by atoms with E-state index in [2.05, 4.69) is 11.9 Å². The summed E-state index contributed by atoms with van der Waals surface area (Å²) in [6, 6.07) is 5.92. The van der Waals surface area contributed by atoms with Gasteiger partial charge in [0.15, 0.2) is 0 Å². The standard InChI is InChI=1S/C14H18FNO2/c1-4-9-16-14(3,13(17)18-5-2)11-7-6-8-12(15)10-11/h4,6-8,10,16H,1,5,9H2,2-3H3. The van der Waals surface area contributed by atoms with Gasteiger partial charge in [0.2, 0.25) is 0 Å². The van der Waals surface area contributed by atoms with Crippen molar-refractivity contribution in [1.29, 1.82) is 0 Å². The molecule has 0 aliphatic carbocycles. The Morgan fingerprint density at radius 3 is 2.89 bits per heavy atom. The van der Waals surface area contributed by atoms with Gasteiger partial charge in [-0.05, 0) is 31.5 Å². The minimum Gasteiger partial charge on any atom is -0.464 e. The van der Waals surface area contributed by atoms with Crippen molar-refractivity contribution in [3.8, 4) is 0 Å². The van der Waals surface area contributed by atoms with Crippen LogP contribution in [0.1, 0.15) is 19.4 Å². The summed E-state index contributed by atoms with van der Waals surface area (Å²) in [5.74, 6) is -0.819. The second kappa shape index (κ2) is 6.31. The Morgan fingerprint density at radius 2 is 2.33 bits per heavy atom. The zero-order valence-corrected chi connectivity index (χ0v) is 10.7. The van der Waals surface area contributed by atoms with Crippen LogP contribution in [0.25, 0.3) is 0 Å². The summed E-state index contributed by atoms with van der Waals surface area (Å²) in [4.78, 5) is 12.0. The molecule has 0 saturated heterocycles. The summed E-state index contributed by atoms with van der Waals surface area (Å²) in [5.41, 5.74) is -0.547. The first-order valence-corrected chi connectivity index (χ1v) is 5.83. The average Bonchev–Trinajstić information content (AvgIpc) is 2.36. The van der Waals surface area contributed by atoms with Crippen LogP contribution >= 0.6 is 0 Å². The van der Waals surface area contributed by atoms with Crippen LogP contribution in [0.4, 0.5) is 4.39 Å². The average molecular weight is 251 g/mol. The lowest BCUT2D eigenvalue weighted by atomic mass is 9.92. The van der Waals surface area contributed by atoms with Crippen LogP contribution < -0.4 is 5.32 Å². The van der Waals surface area contributed by atoms with E-state index in [9.17, 15) is 9.18 Å². The van der Waals surface area contributed by atoms with Crippen LogP contribution in [-0.2, 0) is 15.1 Å². The largest absolute Gasteiger partial charge is 0.464 e. The number of benzene rings is 1. The number of ether oxygens (including phenoxy) is 1. The number of carbonyl (C=O) groups excluding carboxylic acids is 1. The maximum Gasteiger partial charge on any atom is 0.330 e. The molecule has 3 nitrogen and oxygen atoms in total. The third-order valence-electron chi connectivity index (χ3n) is 2.69. The molecule has 0 aliphatic rings. The number of carbonyl (C=O) groups is 1. The molecule has 98 valence electrons. The molecule has 1 aromatic rings. The van der Waals surface area contributed by atoms with E-state index in [0.29, 0.717) is 12.1 Å². The van der Waals surface area contributed by atoms with Crippen molar-refractivity contribution in [3.05, 3.63) is 48.3 Å². The lowest BCUT2D eigenvalue weighted by Crippen LogP contribution is -2.47. The Kier molecular flexibility index (Phi) is 5.04. The van der Waals surface area contributed by atoms with Gasteiger partial charge in [-0.2, -0.15) is 0 Å². The second-order valence-corrected chi connectivity index (χ2v) is 4.03. The van der Waals surface area contributed by atoms with Gasteiger partial charge in [0.05, 0.1) is 6.61 Å². The van der Waals surface area contributed by atoms with Crippen molar-refractivity contribution in [2.75, 3.05) is 13.2 Å². The zero-order chi connectivity index (χ0) is 13.6. The van der Waals surface area contributed by atoms with Gasteiger partial charge in [-0.1, -0.05) is 18.2 Å². The summed E-state index contributed by atoms with van der Waals surface area (Å²) in [6.07, 6.45) is 1.64. The molecule has 0 heterocycles. The van der Waals surface area contributed by atoms with Crippen molar-refractivity contribution in [2.24, 2.45) is 0 Å². The molecule has 1 unspecified atom stereocenters. The van der Waals surface area contributed by atoms with E-state index in [0.717, 1.165) is 0 Å². The smallest absolute Gasteiger partial charge is 0.330 e. The van der Waals surface area contributed by atoms with Crippen LogP contribution in [0.5, 0.6) is 0 Å². The van der Waals surface area contributed by atoms with Crippen molar-refractivity contribution in [3.63, 3.8) is 0 Å². The molecule has 0 bridgehead atoms. The number of hydrogen-bond donors (Lipinski definition) is 1. The lowest BCUT2D eigenvalue weighted by molar-refractivity contribution is -0.150. The molecule has 1 rings (SSSR count). The molecule has 1 aromatic carbocycles. The van der Waals surface area contributed by atoms with Gasteiger partial charge in [0.25, 0.3) is 0 Å². The summed E-state index contributed by atoms with van der Waals surface area (Å²) in [5, 5.41) is 3.01. The summed E-state index contributed by atoms with van der Waals surface area (Å²) < 4.78 is 18.3. The quantitative estimate of drug-likeness (QED) is 0.623. The van der Waals surface area contributed by atoms with E-state index in [1.165, 1.54) is 12.1 Å². The van der Waals surface area contributed by atoms with Gasteiger partial charge < -0.3 is 4.74 Å². The van der Waals surface area contributed by atoms with Crippen molar-refractivity contribution < 1.29 is 13.9 Å². The minimum absolute atomic E-state index is 0.277. The van der Waals surface area contributed by atoms with Crippen molar-refractivity contribution >= 4 is 5.97 Å². The van der Waals surface area contributed by atoms with E-state index >= 15 is 0 Å². The fraction of sp³-hybridized carbons (Fsp3) is 0.357. The third kappa shape index (κ3) is 3.17. The van der Waals surface area contributed by atoms with E-state index in [4.69, 9.17) is 4.74 Å². The predicted molar refractivity (Wildman–Crippen MR) is 68.6 cm³/mol. The fourth-order valence-electron chi connectivity index (χ4n) is 1.64. The van der Waals surface area contributed by atoms with E-state index in [-0.39, 0.29) is 12.4 Å². The summed E-state index contributed by atoms with van der Waals surface area (Å²) in [7, 11) is 0. The molecule has 0 aromatic heterocycles. The first-order valence-electron chi connectivity index (χ1n) is 5.83. The molecule has 4 heteroatoms. The van der Waals surface area contributed by atoms with Crippen molar-refractivity contribution in [2.45, 2.75) is 19.4 Å². The number of esters is 1. The predicted octanol–water partition coefficient (Wildman–Crippen LogP) is 2.38. The fourth-order valence-corrected chi connectivity index (χ4v) is 1.64. The van der Waals surface area contributed by atoms with Gasteiger partial charge in [-0.15, -0.1) is 6.58 Å². The molecule has 0 saturated carbocycles. The summed E-state index contributed by atoms with van der Waals surface area (Å²) >= 11 is 0. The number of hydrogen-bond acceptors (Lipinski definition) is 3. The Labute approximate surface area is 107 Å². The number of rotatable bonds is 6. The molecule has 0 amide bonds. The maximum absolute atomic E-state index is 13.3. The Bertz CT molecular complexity index is 434. The molecular weight excluding hydrogens is 233 g/mol. The van der Waals surface area contributed by atoms with Crippen molar-refractivity contribution in [1.82, 2.24) is 5.32 Å². The van der Waals surface area contributed by atoms with Crippen LogP contribution in [0.15, 0.2) is 36.9 Å². The first-order chi connectivity index (χ1) is 8.54. The molecule has 0 aliphatic heterocycles. The SMILES string of the molecule is C=CCNC(C)(C(=O)OCC)c1cccc(F)c1. The molecule has 0 spiro atoms. The highest BCUT2D eigenvalue weighted by Crippen LogP contribution is 2.23. The highest BCUT2D eigenvalue weighted by Gasteiger charge is 2.36. The summed E-state index contributed by atoms with van der Waals surface area (Å²) in [6.45, 7) is 7.69. The first kappa shape index (κ1) is 14.4. The maximum atomic E-state index is 13.3. The highest BCUT2D eigenvalue weighted by atomic mass is 19.1. The Hall–Kier alpha value is -1.68. The molecule has 0 fully saturated rings. The number of halogens is 1. The van der Waals surface area contributed by atoms with Crippen LogP contribution in [-0.4, -0.2) is 19.1 Å². The molecule has 1 N–H and O–H groups in total. The van der Waals surface area contributed by atoms with E-state index < -0.39 is 11.5 Å². The van der Waals surface area contributed by atoms with Gasteiger partial charge in [0, 0.05) is 6.54 Å².